The minimum atomic E-state index is -4.17. The first-order chi connectivity index (χ1) is 64.5. The third-order valence-corrected chi connectivity index (χ3v) is 35.2. The van der Waals surface area contributed by atoms with Crippen LogP contribution in [-0.4, -0.2) is 195 Å². The summed E-state index contributed by atoms with van der Waals surface area (Å²) in [5.74, 6) is -4.57. The average molecular weight is 2110 g/mol. The van der Waals surface area contributed by atoms with Gasteiger partial charge in [-0.3, -0.25) is 30.2 Å². The Balaban J connectivity index is 0.000000140. The number of aliphatic hydroxyl groups is 6. The van der Waals surface area contributed by atoms with Gasteiger partial charge in [0.25, 0.3) is 15.0 Å². The zero-order valence-corrected chi connectivity index (χ0v) is 80.6. The van der Waals surface area contributed by atoms with Crippen LogP contribution in [0.15, 0.2) is 0 Å². The molecule has 24 aliphatic carbocycles. The van der Waals surface area contributed by atoms with Crippen LogP contribution in [0.1, 0.15) is 246 Å². The molecule has 0 heterocycles. The Kier molecular flexibility index (Phi) is 35.6. The molecule has 24 fully saturated rings. The van der Waals surface area contributed by atoms with Crippen LogP contribution in [0.4, 0.5) is 39.5 Å². The van der Waals surface area contributed by atoms with E-state index in [1.807, 2.05) is 6.92 Å². The summed E-state index contributed by atoms with van der Waals surface area (Å²) in [6.45, 7) is 3.76. The largest absolute Gasteiger partial charge is 0.691 e. The van der Waals surface area contributed by atoms with Crippen molar-refractivity contribution < 1.29 is 229 Å². The van der Waals surface area contributed by atoms with Crippen LogP contribution in [0, 0.1) is 105 Å². The van der Waals surface area contributed by atoms with Crippen LogP contribution in [0.25, 0.3) is 0 Å². The van der Waals surface area contributed by atoms with E-state index in [0.29, 0.717) is 111 Å². The average Bonchev–Trinajstić information content (AvgIpc) is 0.705. The Bertz CT molecular complexity index is 4110. The SMILES string of the molecule is CC(F)(SOO[O-])C(=O)OCC12CC3CC(CC(CO)(C3)C1)C2.CC(F)(SOO[O-])C(=O)OCC12CC3CC(CC(O)(C3)C1)C2.CC(F)(SOO[O-])C(=O)OCC12CC3CC(O)(CC(O)(C3)C1)C2.CC1(OC(=O)COC(=O)C(F)(F)SOO[O-])C2CC3CC(C2)CC1C3.O=C(OC1C2CC3CC1CC(O)(C3)C2)C(F)(F)SOO[O-].O=C(OCCOC12CC3CC(CC(O)(C3)C1)C2)C(F)(F)SOO[O-]. The number of rotatable bonds is 39. The van der Waals surface area contributed by atoms with Crippen molar-refractivity contribution in [3.05, 3.63) is 0 Å². The molecule has 0 saturated heterocycles. The van der Waals surface area contributed by atoms with E-state index in [-0.39, 0.29) is 122 Å². The van der Waals surface area contributed by atoms with E-state index in [9.17, 15) is 135 Å². The minimum absolute atomic E-state index is 0.00839. The van der Waals surface area contributed by atoms with E-state index >= 15 is 0 Å². The lowest BCUT2D eigenvalue weighted by atomic mass is 9.44. The molecule has 790 valence electrons. The third kappa shape index (κ3) is 27.1. The Labute approximate surface area is 812 Å². The highest BCUT2D eigenvalue weighted by Crippen LogP contribution is 2.69. The molecule has 0 aromatic heterocycles. The number of alkyl halides is 9. The van der Waals surface area contributed by atoms with Gasteiger partial charge in [-0.2, -0.15) is 52.3 Å². The normalized spacial score (nSPS) is 40.3. The van der Waals surface area contributed by atoms with Gasteiger partial charge in [-0.15, -0.1) is 0 Å². The summed E-state index contributed by atoms with van der Waals surface area (Å²) in [7, 11) is 0. The Morgan fingerprint density at radius 2 is 0.674 bits per heavy atom. The van der Waals surface area contributed by atoms with Gasteiger partial charge in [-0.05, 0) is 321 Å². The highest BCUT2D eigenvalue weighted by Gasteiger charge is 2.67. The molecule has 13 atom stereocenters. The smallest absolute Gasteiger partial charge is 0.415 e. The molecule has 39 nitrogen and oxygen atoms in total. The topological polar surface area (TPSA) is 564 Å². The Morgan fingerprint density at radius 1 is 0.333 bits per heavy atom. The van der Waals surface area contributed by atoms with Gasteiger partial charge in [0.15, 0.2) is 6.61 Å². The highest BCUT2D eigenvalue weighted by atomic mass is 32.2. The molecule has 0 aromatic carbocycles. The molecular formula is C84H115F9O39S6-6. The number of ether oxygens (including phenoxy) is 8. The first-order valence-electron chi connectivity index (χ1n) is 45.7. The fourth-order valence-corrected chi connectivity index (χ4v) is 31.3. The standard InChI is InChI=1S/C15H20F2O7S.C15H23FO6S.C14H20F2O7S.C14H21FO7S.C14H21FO6S.C12H16F2O6S/c1-14(10-3-8-2-9(5-10)6-11(14)4-8)22-12(18)7-21-13(19)15(16,17)25-24-23-20;1-13(16,23-22-21-19)12(18)20-9-15-5-10-2-11(6-15)4-14(3-10,7-15)8-17;15-14(16,24-23-22-19)11(17)20-1-2-21-13-6-9-3-10(7-13)5-12(18,4-9)8-13;1-11(15,23-22-21-19)10(16)20-8-12-2-9-3-13(17,5-12)7-14(18,4-9)6-12;1-12(15,22-21-20-18)11(16)19-8-13-3-9-2-10(4-13)6-14(17,5-9)7-13;13-12(14,21-20-19-17)10(15)18-9-7-1-6-2-8(9)5-11(16,3-6)4-7/h8-11,20H,2-7H2,1H3;10-11,17,19H,2-9H2,1H3;9-10,18-19H,1-8H2;9,17-19H,2-8H2,1H3;9-10,17-18H,2-8H2,1H3;6-9,16-17H,1-5H2/p-6. The van der Waals surface area contributed by atoms with Gasteiger partial charge in [0.05, 0.1) is 96.2 Å². The van der Waals surface area contributed by atoms with Crippen LogP contribution >= 0.6 is 72.3 Å². The molecule has 24 rings (SSSR count). The van der Waals surface area contributed by atoms with Crippen LogP contribution < -0.4 is 31.5 Å². The number of hydrogen-bond donors (Lipinski definition) is 6. The second-order valence-electron chi connectivity index (χ2n) is 43.6. The van der Waals surface area contributed by atoms with Gasteiger partial charge in [-0.25, -0.2) is 46.7 Å². The zero-order valence-electron chi connectivity index (χ0n) is 75.7. The molecule has 24 aliphatic rings. The summed E-state index contributed by atoms with van der Waals surface area (Å²) in [4.78, 5) is 81.6. The van der Waals surface area contributed by atoms with Crippen molar-refractivity contribution in [1.82, 2.24) is 0 Å². The van der Waals surface area contributed by atoms with Gasteiger partial charge in [0, 0.05) is 35.7 Å². The van der Waals surface area contributed by atoms with E-state index in [4.69, 9.17) is 28.4 Å². The number of aliphatic hydroxyl groups excluding tert-OH is 1. The number of hydrogen-bond acceptors (Lipinski definition) is 45. The van der Waals surface area contributed by atoms with Gasteiger partial charge >= 0.3 is 57.5 Å². The molecule has 0 aliphatic heterocycles. The van der Waals surface area contributed by atoms with E-state index < -0.39 is 166 Å². The molecule has 54 heteroatoms. The quantitative estimate of drug-likeness (QED) is 0.00664. The summed E-state index contributed by atoms with van der Waals surface area (Å²) in [6, 6.07) is 0. The van der Waals surface area contributed by atoms with Gasteiger partial charge in [0.2, 0.25) is 0 Å². The maximum absolute atomic E-state index is 14.1. The lowest BCUT2D eigenvalue weighted by molar-refractivity contribution is -0.777. The Hall–Kier alpha value is -3.24. The van der Waals surface area contributed by atoms with Crippen LogP contribution in [0.2, 0.25) is 0 Å². The first kappa shape index (κ1) is 112. The van der Waals surface area contributed by atoms with E-state index in [2.05, 4.69) is 65.7 Å². The number of carbonyl (C=O) groups is 7. The monoisotopic (exact) mass is 2110 g/mol. The second kappa shape index (κ2) is 43.9. The van der Waals surface area contributed by atoms with Crippen LogP contribution in [-0.2, 0) is 128 Å². The van der Waals surface area contributed by atoms with Crippen LogP contribution in [0.5, 0.6) is 0 Å². The molecule has 138 heavy (non-hydrogen) atoms. The zero-order chi connectivity index (χ0) is 101. The van der Waals surface area contributed by atoms with Crippen molar-refractivity contribution in [2.24, 2.45) is 105 Å². The molecule has 0 spiro atoms. The van der Waals surface area contributed by atoms with Crippen LogP contribution in [0.3, 0.4) is 0 Å². The number of carbonyl (C=O) groups excluding carboxylic acids is 7. The van der Waals surface area contributed by atoms with Crippen molar-refractivity contribution >= 4 is 114 Å². The van der Waals surface area contributed by atoms with Gasteiger partial charge in [0.1, 0.15) is 54.4 Å². The predicted octanol–water partition coefficient (Wildman–Crippen LogP) is 7.40. The lowest BCUT2D eigenvalue weighted by Crippen LogP contribution is -2.64. The maximum atomic E-state index is 14.1. The lowest BCUT2D eigenvalue weighted by Gasteiger charge is -2.63. The first-order valence-corrected chi connectivity index (χ1v) is 50.2. The van der Waals surface area contributed by atoms with E-state index in [1.54, 1.807) is 0 Å². The maximum Gasteiger partial charge on any atom is 0.415 e. The minimum Gasteiger partial charge on any atom is -0.691 e. The molecule has 24 saturated carbocycles. The van der Waals surface area contributed by atoms with Crippen molar-refractivity contribution in [3.8, 4) is 0 Å². The summed E-state index contributed by atoms with van der Waals surface area (Å²) in [5.41, 5.74) is -5.99. The summed E-state index contributed by atoms with van der Waals surface area (Å²) < 4.78 is 184. The summed E-state index contributed by atoms with van der Waals surface area (Å²) in [5, 5.41) is 118. The fourth-order valence-electron chi connectivity index (χ4n) is 29.8. The van der Waals surface area contributed by atoms with Gasteiger partial charge in [-0.1, -0.05) is 0 Å². The van der Waals surface area contributed by atoms with E-state index in [0.717, 1.165) is 168 Å². The van der Waals surface area contributed by atoms with Crippen molar-refractivity contribution in [2.45, 2.75) is 322 Å². The van der Waals surface area contributed by atoms with E-state index in [1.165, 1.54) is 12.8 Å². The number of halogens is 9. The third-order valence-electron chi connectivity index (χ3n) is 31.9. The molecule has 0 amide bonds. The molecular weight excluding hydrogens is 2000 g/mol. The molecule has 0 aromatic rings. The Morgan fingerprint density at radius 3 is 1.07 bits per heavy atom. The van der Waals surface area contributed by atoms with Crippen molar-refractivity contribution in [3.63, 3.8) is 0 Å². The molecule has 24 bridgehead atoms. The molecule has 0 radical (unpaired) electrons. The highest BCUT2D eigenvalue weighted by molar-refractivity contribution is 7.97. The summed E-state index contributed by atoms with van der Waals surface area (Å²) >= 11 is -2.31. The predicted molar refractivity (Wildman–Crippen MR) is 437 cm³/mol. The fraction of sp³-hybridized carbons (Fsp3) is 0.917. The van der Waals surface area contributed by atoms with Crippen molar-refractivity contribution in [2.75, 3.05) is 46.2 Å². The second-order valence-corrected chi connectivity index (χ2v) is 49.2. The van der Waals surface area contributed by atoms with Crippen molar-refractivity contribution in [1.29, 1.82) is 0 Å². The van der Waals surface area contributed by atoms with Gasteiger partial charge < -0.3 is 100 Å². The summed E-state index contributed by atoms with van der Waals surface area (Å²) in [6.07, 6.45) is 27.4. The number of esters is 7. The molecule has 6 N–H and O–H groups in total. The molecule has 13 unspecified atom stereocenters.